The Labute approximate surface area is 177 Å². The summed E-state index contributed by atoms with van der Waals surface area (Å²) in [6.07, 6.45) is 2.34. The van der Waals surface area contributed by atoms with E-state index in [1.165, 1.54) is 23.7 Å². The molecule has 2 aromatic carbocycles. The van der Waals surface area contributed by atoms with Crippen molar-refractivity contribution >= 4 is 34.2 Å². The minimum atomic E-state index is -0.285. The van der Waals surface area contributed by atoms with E-state index >= 15 is 0 Å². The zero-order valence-corrected chi connectivity index (χ0v) is 17.2. The third kappa shape index (κ3) is 4.92. The Morgan fingerprint density at radius 3 is 2.66 bits per heavy atom. The molecule has 0 bridgehead atoms. The van der Waals surface area contributed by atoms with Gasteiger partial charge in [0.1, 0.15) is 17.7 Å². The average molecular weight is 431 g/mol. The summed E-state index contributed by atoms with van der Waals surface area (Å²) < 4.78 is 17.5. The highest BCUT2D eigenvalue weighted by molar-refractivity contribution is 7.09. The summed E-state index contributed by atoms with van der Waals surface area (Å²) in [6, 6.07) is 13.5. The number of rotatable bonds is 6. The fourth-order valence-electron chi connectivity index (χ4n) is 3.40. The normalized spacial score (nSPS) is 16.2. The number of carbonyl (C=O) groups is 1. The number of nitrogens with zero attached hydrogens (tertiary/aromatic N) is 3. The van der Waals surface area contributed by atoms with Gasteiger partial charge in [0.05, 0.1) is 0 Å². The van der Waals surface area contributed by atoms with Crippen molar-refractivity contribution in [2.75, 3.05) is 11.4 Å². The fourth-order valence-corrected chi connectivity index (χ4v) is 4.28. The van der Waals surface area contributed by atoms with E-state index in [-0.39, 0.29) is 17.8 Å². The molecular weight excluding hydrogens is 411 g/mol. The van der Waals surface area contributed by atoms with Crippen LogP contribution in [0.3, 0.4) is 0 Å². The number of hydrogen-bond acceptors (Lipinski definition) is 5. The van der Waals surface area contributed by atoms with E-state index in [0.717, 1.165) is 41.5 Å². The second-order valence-electron chi connectivity index (χ2n) is 6.99. The molecule has 1 saturated heterocycles. The van der Waals surface area contributed by atoms with Crippen LogP contribution < -0.4 is 10.2 Å². The van der Waals surface area contributed by atoms with E-state index < -0.39 is 0 Å². The average Bonchev–Trinajstić information content (AvgIpc) is 3.38. The first-order chi connectivity index (χ1) is 14.1. The molecule has 8 heteroatoms. The predicted molar refractivity (Wildman–Crippen MR) is 113 cm³/mol. The van der Waals surface area contributed by atoms with Crippen molar-refractivity contribution in [1.82, 2.24) is 14.7 Å². The number of anilines is 1. The number of aromatic nitrogens is 2. The van der Waals surface area contributed by atoms with Gasteiger partial charge in [0.2, 0.25) is 11.0 Å². The van der Waals surface area contributed by atoms with E-state index in [2.05, 4.69) is 14.7 Å². The maximum Gasteiger partial charge on any atom is 0.243 e. The van der Waals surface area contributed by atoms with Crippen LogP contribution in [-0.4, -0.2) is 27.9 Å². The first kappa shape index (κ1) is 19.8. The third-order valence-electron chi connectivity index (χ3n) is 4.91. The smallest absolute Gasteiger partial charge is 0.243 e. The summed E-state index contributed by atoms with van der Waals surface area (Å²) in [7, 11) is 0. The van der Waals surface area contributed by atoms with Crippen LogP contribution in [0, 0.1) is 5.82 Å². The predicted octanol–water partition coefficient (Wildman–Crippen LogP) is 4.21. The SMILES string of the molecule is O=C(NCc1ccc(F)cc1)C1CCCN1c1nc(Cc2ccc(Cl)cc2)ns1. The van der Waals surface area contributed by atoms with E-state index in [1.807, 2.05) is 29.2 Å². The largest absolute Gasteiger partial charge is 0.350 e. The molecule has 5 nitrogen and oxygen atoms in total. The molecule has 150 valence electrons. The molecule has 0 spiro atoms. The molecule has 1 fully saturated rings. The summed E-state index contributed by atoms with van der Waals surface area (Å²) in [6.45, 7) is 1.16. The van der Waals surface area contributed by atoms with E-state index in [4.69, 9.17) is 11.6 Å². The first-order valence-corrected chi connectivity index (χ1v) is 10.6. The molecule has 1 aliphatic rings. The van der Waals surface area contributed by atoms with Gasteiger partial charge in [-0.2, -0.15) is 4.37 Å². The Hall–Kier alpha value is -2.51. The molecule has 3 aromatic rings. The molecule has 1 unspecified atom stereocenters. The summed E-state index contributed by atoms with van der Waals surface area (Å²) in [5.41, 5.74) is 1.96. The highest BCUT2D eigenvalue weighted by Gasteiger charge is 2.32. The van der Waals surface area contributed by atoms with Crippen LogP contribution in [0.4, 0.5) is 9.52 Å². The summed E-state index contributed by atoms with van der Waals surface area (Å²) in [4.78, 5) is 19.4. The second-order valence-corrected chi connectivity index (χ2v) is 8.16. The minimum absolute atomic E-state index is 0.0405. The van der Waals surface area contributed by atoms with Crippen molar-refractivity contribution in [3.63, 3.8) is 0 Å². The number of carbonyl (C=O) groups excluding carboxylic acids is 1. The van der Waals surface area contributed by atoms with Crippen molar-refractivity contribution in [3.8, 4) is 0 Å². The number of amides is 1. The molecule has 0 aliphatic carbocycles. The quantitative estimate of drug-likeness (QED) is 0.636. The Morgan fingerprint density at radius 2 is 1.90 bits per heavy atom. The fraction of sp³-hybridized carbons (Fsp3) is 0.286. The molecule has 0 radical (unpaired) electrons. The van der Waals surface area contributed by atoms with Gasteiger partial charge in [-0.25, -0.2) is 9.37 Å². The molecule has 1 amide bonds. The molecule has 1 atom stereocenters. The van der Waals surface area contributed by atoms with Crippen molar-refractivity contribution < 1.29 is 9.18 Å². The van der Waals surface area contributed by atoms with Crippen LogP contribution in [0.1, 0.15) is 29.8 Å². The van der Waals surface area contributed by atoms with Crippen molar-refractivity contribution in [3.05, 3.63) is 76.3 Å². The molecule has 4 rings (SSSR count). The molecule has 29 heavy (non-hydrogen) atoms. The number of hydrogen-bond donors (Lipinski definition) is 1. The Bertz CT molecular complexity index is 977. The van der Waals surface area contributed by atoms with Gasteiger partial charge in [-0.3, -0.25) is 4.79 Å². The molecular formula is C21H20ClFN4OS. The van der Waals surface area contributed by atoms with Crippen LogP contribution in [0.15, 0.2) is 48.5 Å². The van der Waals surface area contributed by atoms with Gasteiger partial charge < -0.3 is 10.2 Å². The van der Waals surface area contributed by atoms with E-state index in [1.54, 1.807) is 12.1 Å². The van der Waals surface area contributed by atoms with Crippen LogP contribution in [-0.2, 0) is 17.8 Å². The topological polar surface area (TPSA) is 58.1 Å². The molecule has 2 heterocycles. The summed E-state index contributed by atoms with van der Waals surface area (Å²) in [5, 5.41) is 4.43. The Morgan fingerprint density at radius 1 is 1.17 bits per heavy atom. The van der Waals surface area contributed by atoms with Gasteiger partial charge in [-0.1, -0.05) is 35.9 Å². The number of halogens is 2. The monoisotopic (exact) mass is 430 g/mol. The van der Waals surface area contributed by atoms with Gasteiger partial charge >= 0.3 is 0 Å². The highest BCUT2D eigenvalue weighted by Crippen LogP contribution is 2.28. The van der Waals surface area contributed by atoms with E-state index in [0.29, 0.717) is 18.0 Å². The van der Waals surface area contributed by atoms with Crippen LogP contribution in [0.5, 0.6) is 0 Å². The lowest BCUT2D eigenvalue weighted by molar-refractivity contribution is -0.122. The maximum atomic E-state index is 13.0. The molecule has 1 aliphatic heterocycles. The number of benzene rings is 2. The lowest BCUT2D eigenvalue weighted by atomic mass is 10.1. The lowest BCUT2D eigenvalue weighted by Crippen LogP contribution is -2.43. The van der Waals surface area contributed by atoms with E-state index in [9.17, 15) is 9.18 Å². The highest BCUT2D eigenvalue weighted by atomic mass is 35.5. The van der Waals surface area contributed by atoms with Gasteiger partial charge in [0.15, 0.2) is 0 Å². The summed E-state index contributed by atoms with van der Waals surface area (Å²) >= 11 is 7.26. The first-order valence-electron chi connectivity index (χ1n) is 9.44. The zero-order chi connectivity index (χ0) is 20.2. The van der Waals surface area contributed by atoms with Crippen molar-refractivity contribution in [1.29, 1.82) is 0 Å². The Balaban J connectivity index is 1.38. The van der Waals surface area contributed by atoms with Crippen LogP contribution >= 0.6 is 23.1 Å². The van der Waals surface area contributed by atoms with Gasteiger partial charge in [0, 0.05) is 36.1 Å². The van der Waals surface area contributed by atoms with Crippen molar-refractivity contribution in [2.45, 2.75) is 31.8 Å². The third-order valence-corrected chi connectivity index (χ3v) is 5.96. The Kier molecular flexibility index (Phi) is 6.06. The second kappa shape index (κ2) is 8.88. The zero-order valence-electron chi connectivity index (χ0n) is 15.6. The van der Waals surface area contributed by atoms with Crippen LogP contribution in [0.2, 0.25) is 5.02 Å². The molecule has 0 saturated carbocycles. The van der Waals surface area contributed by atoms with Gasteiger partial charge in [-0.05, 0) is 48.2 Å². The summed E-state index contributed by atoms with van der Waals surface area (Å²) in [5.74, 6) is 0.415. The van der Waals surface area contributed by atoms with Crippen molar-refractivity contribution in [2.24, 2.45) is 0 Å². The molecule has 1 aromatic heterocycles. The maximum absolute atomic E-state index is 13.0. The van der Waals surface area contributed by atoms with Gasteiger partial charge in [0.25, 0.3) is 0 Å². The standard InChI is InChI=1S/C21H20ClFN4OS/c22-16-7-3-14(4-8-16)12-19-25-21(29-26-19)27-11-1-2-18(27)20(28)24-13-15-5-9-17(23)10-6-15/h3-10,18H,1-2,11-13H2,(H,24,28). The minimum Gasteiger partial charge on any atom is -0.350 e. The molecule has 1 N–H and O–H groups in total. The van der Waals surface area contributed by atoms with Crippen LogP contribution in [0.25, 0.3) is 0 Å². The number of nitrogens with one attached hydrogen (secondary N) is 1. The lowest BCUT2D eigenvalue weighted by Gasteiger charge is -2.22. The van der Waals surface area contributed by atoms with Gasteiger partial charge in [-0.15, -0.1) is 0 Å².